The van der Waals surface area contributed by atoms with Crippen molar-refractivity contribution in [2.24, 2.45) is 0 Å². The lowest BCUT2D eigenvalue weighted by atomic mass is 10.1. The number of rotatable bonds is 2. The van der Waals surface area contributed by atoms with Crippen LogP contribution in [0.15, 0.2) is 24.4 Å². The summed E-state index contributed by atoms with van der Waals surface area (Å²) in [7, 11) is -2.91. The number of nitrogens with zero attached hydrogens (tertiary/aromatic N) is 2. The minimum absolute atomic E-state index is 0.220. The monoisotopic (exact) mass is 293 g/mol. The molecule has 0 amide bonds. The molecule has 0 radical (unpaired) electrons. The molecule has 1 aromatic heterocycles. The van der Waals surface area contributed by atoms with Crippen molar-refractivity contribution in [1.29, 1.82) is 0 Å². The van der Waals surface area contributed by atoms with Crippen molar-refractivity contribution in [3.8, 4) is 0 Å². The fraction of sp³-hybridized carbons (Fsp3) is 0.500. The van der Waals surface area contributed by atoms with Crippen molar-refractivity contribution in [2.45, 2.75) is 25.1 Å². The van der Waals surface area contributed by atoms with Gasteiger partial charge < -0.3 is 0 Å². The van der Waals surface area contributed by atoms with E-state index in [-0.39, 0.29) is 11.0 Å². The Labute approximate surface area is 118 Å². The summed E-state index contributed by atoms with van der Waals surface area (Å²) in [5.74, 6) is 0.264. The third kappa shape index (κ3) is 2.71. The number of hydrogen-bond acceptors (Lipinski definition) is 4. The van der Waals surface area contributed by atoms with E-state index in [2.05, 4.69) is 27.2 Å². The highest BCUT2D eigenvalue weighted by Crippen LogP contribution is 2.18. The van der Waals surface area contributed by atoms with Crippen molar-refractivity contribution in [3.63, 3.8) is 0 Å². The number of benzene rings is 1. The zero-order valence-corrected chi connectivity index (χ0v) is 12.4. The zero-order chi connectivity index (χ0) is 14.2. The summed E-state index contributed by atoms with van der Waals surface area (Å²) in [6.45, 7) is 4.06. The summed E-state index contributed by atoms with van der Waals surface area (Å²) in [4.78, 5) is 2.22. The van der Waals surface area contributed by atoms with Gasteiger partial charge in [0.1, 0.15) is 0 Å². The fourth-order valence-electron chi connectivity index (χ4n) is 2.61. The first kappa shape index (κ1) is 13.6. The predicted molar refractivity (Wildman–Crippen MR) is 79.2 cm³/mol. The Balaban J connectivity index is 1.74. The lowest BCUT2D eigenvalue weighted by molar-refractivity contribution is 0.283. The van der Waals surface area contributed by atoms with Crippen LogP contribution in [-0.2, 0) is 16.4 Å². The SMILES string of the molecule is CC1CCN(Cc2ccc3cn[nH]c3c2)CCS1(=O)=O. The molecule has 1 aromatic carbocycles. The highest BCUT2D eigenvalue weighted by molar-refractivity contribution is 7.92. The predicted octanol–water partition coefficient (Wildman–Crippen LogP) is 1.57. The van der Waals surface area contributed by atoms with E-state index in [1.54, 1.807) is 6.20 Å². The van der Waals surface area contributed by atoms with Gasteiger partial charge in [0, 0.05) is 18.5 Å². The van der Waals surface area contributed by atoms with Gasteiger partial charge in [-0.1, -0.05) is 12.1 Å². The van der Waals surface area contributed by atoms with E-state index in [9.17, 15) is 8.42 Å². The van der Waals surface area contributed by atoms with Crippen molar-refractivity contribution in [3.05, 3.63) is 30.0 Å². The molecule has 1 atom stereocenters. The molecule has 108 valence electrons. The number of aromatic amines is 1. The highest BCUT2D eigenvalue weighted by atomic mass is 32.2. The normalized spacial score (nSPS) is 23.8. The molecule has 6 heteroatoms. The molecule has 5 nitrogen and oxygen atoms in total. The van der Waals surface area contributed by atoms with Crippen molar-refractivity contribution in [2.75, 3.05) is 18.8 Å². The van der Waals surface area contributed by atoms with Gasteiger partial charge in [-0.2, -0.15) is 5.10 Å². The first-order valence-electron chi connectivity index (χ1n) is 6.90. The van der Waals surface area contributed by atoms with Crippen LogP contribution in [0.25, 0.3) is 10.9 Å². The average molecular weight is 293 g/mol. The number of nitrogens with one attached hydrogen (secondary N) is 1. The third-order valence-corrected chi connectivity index (χ3v) is 6.28. The molecule has 1 fully saturated rings. The van der Waals surface area contributed by atoms with Crippen LogP contribution in [0, 0.1) is 0 Å². The van der Waals surface area contributed by atoms with Gasteiger partial charge in [-0.3, -0.25) is 10.00 Å². The number of aromatic nitrogens is 2. The summed E-state index contributed by atoms with van der Waals surface area (Å²) >= 11 is 0. The largest absolute Gasteiger partial charge is 0.298 e. The molecule has 20 heavy (non-hydrogen) atoms. The Kier molecular flexibility index (Phi) is 3.52. The van der Waals surface area contributed by atoms with Gasteiger partial charge in [-0.25, -0.2) is 8.42 Å². The summed E-state index contributed by atoms with van der Waals surface area (Å²) in [6.07, 6.45) is 2.52. The number of fused-ring (bicyclic) bond motifs is 1. The number of H-pyrrole nitrogens is 1. The fourth-order valence-corrected chi connectivity index (χ4v) is 3.99. The molecule has 0 spiro atoms. The molecular weight excluding hydrogens is 274 g/mol. The second kappa shape index (κ2) is 5.18. The van der Waals surface area contributed by atoms with Crippen LogP contribution in [0.5, 0.6) is 0 Å². The van der Waals surface area contributed by atoms with Crippen LogP contribution < -0.4 is 0 Å². The average Bonchev–Trinajstić information content (AvgIpc) is 2.84. The summed E-state index contributed by atoms with van der Waals surface area (Å²) in [5, 5.41) is 7.86. The van der Waals surface area contributed by atoms with Gasteiger partial charge in [-0.15, -0.1) is 0 Å². The third-order valence-electron chi connectivity index (χ3n) is 4.07. The van der Waals surface area contributed by atoms with Crippen LogP contribution in [0.3, 0.4) is 0 Å². The van der Waals surface area contributed by atoms with Crippen molar-refractivity contribution >= 4 is 20.7 Å². The lowest BCUT2D eigenvalue weighted by Crippen LogP contribution is -2.26. The molecule has 0 bridgehead atoms. The van der Waals surface area contributed by atoms with Gasteiger partial charge in [0.25, 0.3) is 0 Å². The van der Waals surface area contributed by atoms with E-state index in [1.165, 1.54) is 5.56 Å². The Morgan fingerprint density at radius 1 is 1.40 bits per heavy atom. The molecule has 1 aliphatic rings. The van der Waals surface area contributed by atoms with E-state index in [1.807, 2.05) is 13.0 Å². The van der Waals surface area contributed by atoms with E-state index >= 15 is 0 Å². The smallest absolute Gasteiger partial charge is 0.154 e. The van der Waals surface area contributed by atoms with Gasteiger partial charge in [0.15, 0.2) is 9.84 Å². The molecule has 3 rings (SSSR count). The minimum Gasteiger partial charge on any atom is -0.298 e. The second-order valence-electron chi connectivity index (χ2n) is 5.53. The van der Waals surface area contributed by atoms with E-state index in [4.69, 9.17) is 0 Å². The summed E-state index contributed by atoms with van der Waals surface area (Å²) in [5.41, 5.74) is 2.21. The molecule has 1 N–H and O–H groups in total. The molecule has 1 unspecified atom stereocenters. The maximum atomic E-state index is 11.9. The quantitative estimate of drug-likeness (QED) is 0.913. The Bertz CT molecular complexity index is 708. The van der Waals surface area contributed by atoms with Crippen LogP contribution >= 0.6 is 0 Å². The molecule has 1 saturated heterocycles. The van der Waals surface area contributed by atoms with Gasteiger partial charge in [-0.05, 0) is 31.5 Å². The van der Waals surface area contributed by atoms with Crippen LogP contribution in [-0.4, -0.2) is 47.6 Å². The molecule has 2 aromatic rings. The van der Waals surface area contributed by atoms with E-state index in [0.717, 1.165) is 24.0 Å². The number of hydrogen-bond donors (Lipinski definition) is 1. The molecule has 0 aliphatic carbocycles. The van der Waals surface area contributed by atoms with Crippen LogP contribution in [0.2, 0.25) is 0 Å². The number of sulfone groups is 1. The lowest BCUT2D eigenvalue weighted by Gasteiger charge is -2.19. The van der Waals surface area contributed by atoms with Crippen LogP contribution in [0.1, 0.15) is 18.9 Å². The minimum atomic E-state index is -2.91. The Morgan fingerprint density at radius 3 is 3.10 bits per heavy atom. The van der Waals surface area contributed by atoms with Crippen LogP contribution in [0.4, 0.5) is 0 Å². The maximum Gasteiger partial charge on any atom is 0.154 e. The molecule has 1 aliphatic heterocycles. The Hall–Kier alpha value is -1.40. The van der Waals surface area contributed by atoms with E-state index < -0.39 is 9.84 Å². The zero-order valence-electron chi connectivity index (χ0n) is 11.5. The molecular formula is C14H19N3O2S. The molecule has 0 saturated carbocycles. The Morgan fingerprint density at radius 2 is 2.25 bits per heavy atom. The maximum absolute atomic E-state index is 11.9. The second-order valence-corrected chi connectivity index (χ2v) is 8.07. The highest BCUT2D eigenvalue weighted by Gasteiger charge is 2.26. The van der Waals surface area contributed by atoms with Crippen molar-refractivity contribution < 1.29 is 8.42 Å². The van der Waals surface area contributed by atoms with Gasteiger partial charge >= 0.3 is 0 Å². The van der Waals surface area contributed by atoms with Gasteiger partial charge in [0.05, 0.1) is 22.7 Å². The van der Waals surface area contributed by atoms with E-state index in [0.29, 0.717) is 13.0 Å². The first-order chi connectivity index (χ1) is 9.54. The molecule has 2 heterocycles. The standard InChI is InChI=1S/C14H19N3O2S/c1-11-4-5-17(6-7-20(11,18)19)10-12-2-3-13-9-15-16-14(13)8-12/h2-3,8-9,11H,4-7,10H2,1H3,(H,15,16). The summed E-state index contributed by atoms with van der Waals surface area (Å²) in [6, 6.07) is 6.22. The topological polar surface area (TPSA) is 66.1 Å². The van der Waals surface area contributed by atoms with Gasteiger partial charge in [0.2, 0.25) is 0 Å². The van der Waals surface area contributed by atoms with Crippen molar-refractivity contribution in [1.82, 2.24) is 15.1 Å². The summed E-state index contributed by atoms with van der Waals surface area (Å²) < 4.78 is 23.8. The first-order valence-corrected chi connectivity index (χ1v) is 8.62.